The maximum atomic E-state index is 10.00. The van der Waals surface area contributed by atoms with Crippen LogP contribution in [0.4, 0.5) is 5.88 Å². The first kappa shape index (κ1) is 21.2. The zero-order valence-corrected chi connectivity index (χ0v) is 18.3. The van der Waals surface area contributed by atoms with Crippen LogP contribution in [0.15, 0.2) is 82.2 Å². The number of ether oxygens (including phenoxy) is 2. The number of nitrogens with zero attached hydrogens (tertiary/aromatic N) is 2. The van der Waals surface area contributed by atoms with Crippen molar-refractivity contribution in [3.8, 4) is 40.0 Å². The van der Waals surface area contributed by atoms with Crippen LogP contribution in [0.25, 0.3) is 22.5 Å². The van der Waals surface area contributed by atoms with E-state index in [-0.39, 0.29) is 5.88 Å². The molecular weight excluding hydrogens is 424 g/mol. The fourth-order valence-electron chi connectivity index (χ4n) is 3.31. The number of benzene rings is 3. The van der Waals surface area contributed by atoms with Crippen LogP contribution < -0.4 is 9.47 Å². The maximum Gasteiger partial charge on any atom is 0.238 e. The van der Waals surface area contributed by atoms with Gasteiger partial charge in [0.1, 0.15) is 28.9 Å². The average Bonchev–Trinajstić information content (AvgIpc) is 3.21. The van der Waals surface area contributed by atoms with E-state index >= 15 is 0 Å². The molecule has 0 radical (unpaired) electrons. The van der Waals surface area contributed by atoms with E-state index < -0.39 is 0 Å². The van der Waals surface area contributed by atoms with Gasteiger partial charge in [-0.05, 0) is 59.7 Å². The smallest absolute Gasteiger partial charge is 0.238 e. The summed E-state index contributed by atoms with van der Waals surface area (Å²) in [7, 11) is 3.22. The molecule has 3 aromatic carbocycles. The number of methoxy groups -OCH3 is 2. The summed E-state index contributed by atoms with van der Waals surface area (Å²) in [4.78, 5) is 4.47. The highest BCUT2D eigenvalue weighted by molar-refractivity contribution is 6.30. The van der Waals surface area contributed by atoms with Crippen molar-refractivity contribution in [3.63, 3.8) is 0 Å². The molecule has 0 saturated carbocycles. The number of rotatable bonds is 6. The molecular formula is C26H19ClN2O3. The normalized spacial score (nSPS) is 10.8. The number of hydrogen-bond donors (Lipinski definition) is 0. The van der Waals surface area contributed by atoms with Crippen LogP contribution >= 0.6 is 11.6 Å². The molecule has 0 fully saturated rings. The van der Waals surface area contributed by atoms with Crippen molar-refractivity contribution in [2.24, 2.45) is 4.99 Å². The van der Waals surface area contributed by atoms with Gasteiger partial charge in [-0.25, -0.2) is 4.99 Å². The molecule has 6 heteroatoms. The van der Waals surface area contributed by atoms with Gasteiger partial charge in [0, 0.05) is 22.4 Å². The number of hydrogen-bond acceptors (Lipinski definition) is 5. The molecule has 5 nitrogen and oxygen atoms in total. The van der Waals surface area contributed by atoms with Crippen LogP contribution in [0.2, 0.25) is 5.02 Å². The predicted octanol–water partition coefficient (Wildman–Crippen LogP) is 6.91. The van der Waals surface area contributed by atoms with Gasteiger partial charge in [-0.3, -0.25) is 0 Å². The Bertz CT molecular complexity index is 1300. The van der Waals surface area contributed by atoms with Crippen LogP contribution in [0.3, 0.4) is 0 Å². The van der Waals surface area contributed by atoms with Crippen molar-refractivity contribution in [3.05, 3.63) is 88.9 Å². The van der Waals surface area contributed by atoms with Gasteiger partial charge in [0.05, 0.1) is 14.2 Å². The van der Waals surface area contributed by atoms with E-state index in [9.17, 15) is 5.26 Å². The highest BCUT2D eigenvalue weighted by Gasteiger charge is 2.23. The quantitative estimate of drug-likeness (QED) is 0.304. The van der Waals surface area contributed by atoms with Crippen LogP contribution in [-0.4, -0.2) is 20.4 Å². The third kappa shape index (κ3) is 4.36. The molecule has 0 saturated heterocycles. The number of halogens is 1. The highest BCUT2D eigenvalue weighted by Crippen LogP contribution is 2.43. The Morgan fingerprint density at radius 3 is 2.09 bits per heavy atom. The Hall–Kier alpha value is -4.01. The summed E-state index contributed by atoms with van der Waals surface area (Å²) in [5.74, 6) is 2.23. The second kappa shape index (κ2) is 9.42. The highest BCUT2D eigenvalue weighted by atomic mass is 35.5. The van der Waals surface area contributed by atoms with Crippen LogP contribution in [0, 0.1) is 11.3 Å². The Balaban J connectivity index is 1.87. The van der Waals surface area contributed by atoms with Crippen molar-refractivity contribution in [1.82, 2.24) is 0 Å². The standard InChI is InChI=1S/C26H19ClN2O3/c1-30-21-10-6-18(7-11-21)24-23(15-28)26(29-16-17-4-3-5-20(27)14-17)32-25(24)19-8-12-22(31-2)13-9-19/h3-14,16H,1-2H3. The minimum absolute atomic E-state index is 0.226. The molecule has 4 rings (SSSR count). The second-order valence-corrected chi connectivity index (χ2v) is 7.30. The minimum Gasteiger partial charge on any atom is -0.497 e. The Morgan fingerprint density at radius 2 is 1.53 bits per heavy atom. The third-order valence-electron chi connectivity index (χ3n) is 4.91. The zero-order chi connectivity index (χ0) is 22.5. The van der Waals surface area contributed by atoms with Gasteiger partial charge in [-0.2, -0.15) is 5.26 Å². The molecule has 0 atom stereocenters. The second-order valence-electron chi connectivity index (χ2n) is 6.87. The fourth-order valence-corrected chi connectivity index (χ4v) is 3.51. The molecule has 0 amide bonds. The summed E-state index contributed by atoms with van der Waals surface area (Å²) in [6.45, 7) is 0. The van der Waals surface area contributed by atoms with Gasteiger partial charge in [0.2, 0.25) is 5.88 Å². The third-order valence-corrected chi connectivity index (χ3v) is 5.15. The molecule has 0 bridgehead atoms. The number of aliphatic imine (C=N–C) groups is 1. The van der Waals surface area contributed by atoms with Gasteiger partial charge in [0.25, 0.3) is 0 Å². The molecule has 4 aromatic rings. The van der Waals surface area contributed by atoms with E-state index in [4.69, 9.17) is 25.5 Å². The Labute approximate surface area is 191 Å². The largest absolute Gasteiger partial charge is 0.497 e. The van der Waals surface area contributed by atoms with Gasteiger partial charge >= 0.3 is 0 Å². The SMILES string of the molecule is COc1ccc(-c2oc(N=Cc3cccc(Cl)c3)c(C#N)c2-c2ccc(OC)cc2)cc1. The van der Waals surface area contributed by atoms with E-state index in [1.165, 1.54) is 0 Å². The van der Waals surface area contributed by atoms with Crippen molar-refractivity contribution < 1.29 is 13.9 Å². The zero-order valence-electron chi connectivity index (χ0n) is 17.5. The van der Waals surface area contributed by atoms with Crippen molar-refractivity contribution in [1.29, 1.82) is 5.26 Å². The van der Waals surface area contributed by atoms with Gasteiger partial charge in [0.15, 0.2) is 0 Å². The summed E-state index contributed by atoms with van der Waals surface area (Å²) in [5, 5.41) is 10.6. The molecule has 0 aliphatic carbocycles. The first-order valence-electron chi connectivity index (χ1n) is 9.78. The van der Waals surface area contributed by atoms with E-state index in [2.05, 4.69) is 11.1 Å². The first-order valence-corrected chi connectivity index (χ1v) is 10.2. The Kier molecular flexibility index (Phi) is 6.25. The van der Waals surface area contributed by atoms with Crippen LogP contribution in [0.1, 0.15) is 11.1 Å². The van der Waals surface area contributed by atoms with Gasteiger partial charge in [-0.15, -0.1) is 0 Å². The van der Waals surface area contributed by atoms with E-state index in [1.54, 1.807) is 32.6 Å². The summed E-state index contributed by atoms with van der Waals surface area (Å²) in [6, 6.07) is 24.5. The fraction of sp³-hybridized carbons (Fsp3) is 0.0769. The lowest BCUT2D eigenvalue weighted by molar-refractivity contribution is 0.414. The van der Waals surface area contributed by atoms with Crippen LogP contribution in [0.5, 0.6) is 11.5 Å². The molecule has 0 aliphatic rings. The van der Waals surface area contributed by atoms with Crippen molar-refractivity contribution in [2.75, 3.05) is 14.2 Å². The van der Waals surface area contributed by atoms with Crippen molar-refractivity contribution >= 4 is 23.7 Å². The molecule has 32 heavy (non-hydrogen) atoms. The minimum atomic E-state index is 0.226. The Morgan fingerprint density at radius 1 is 0.906 bits per heavy atom. The first-order chi connectivity index (χ1) is 15.6. The summed E-state index contributed by atoms with van der Waals surface area (Å²) in [5.41, 5.74) is 3.44. The number of nitriles is 1. The topological polar surface area (TPSA) is 67.8 Å². The molecule has 0 aliphatic heterocycles. The lowest BCUT2D eigenvalue weighted by atomic mass is 9.98. The monoisotopic (exact) mass is 442 g/mol. The van der Waals surface area contributed by atoms with E-state index in [0.717, 1.165) is 28.2 Å². The lowest BCUT2D eigenvalue weighted by Gasteiger charge is -2.06. The molecule has 0 N–H and O–H groups in total. The van der Waals surface area contributed by atoms with E-state index in [0.29, 0.717) is 21.9 Å². The van der Waals surface area contributed by atoms with Crippen LogP contribution in [-0.2, 0) is 0 Å². The summed E-state index contributed by atoms with van der Waals surface area (Å²) >= 11 is 6.07. The summed E-state index contributed by atoms with van der Waals surface area (Å²) < 4.78 is 16.7. The molecule has 1 heterocycles. The molecule has 0 spiro atoms. The summed E-state index contributed by atoms with van der Waals surface area (Å²) in [6.07, 6.45) is 1.63. The molecule has 0 unspecified atom stereocenters. The van der Waals surface area contributed by atoms with Crippen molar-refractivity contribution in [2.45, 2.75) is 0 Å². The van der Waals surface area contributed by atoms with Gasteiger partial charge < -0.3 is 13.9 Å². The van der Waals surface area contributed by atoms with Gasteiger partial charge in [-0.1, -0.05) is 35.9 Å². The van der Waals surface area contributed by atoms with E-state index in [1.807, 2.05) is 60.7 Å². The lowest BCUT2D eigenvalue weighted by Crippen LogP contribution is -1.87. The predicted molar refractivity (Wildman–Crippen MR) is 126 cm³/mol. The molecule has 1 aromatic heterocycles. The maximum absolute atomic E-state index is 10.00. The number of furan rings is 1. The molecule has 158 valence electrons. The average molecular weight is 443 g/mol.